The Labute approximate surface area is 171 Å². The van der Waals surface area contributed by atoms with E-state index in [1.807, 2.05) is 6.92 Å². The van der Waals surface area contributed by atoms with Crippen LogP contribution in [-0.4, -0.2) is 78.6 Å². The lowest BCUT2D eigenvalue weighted by Gasteiger charge is -2.43. The van der Waals surface area contributed by atoms with Crippen molar-refractivity contribution >= 4 is 23.3 Å². The molecule has 3 aliphatic rings. The van der Waals surface area contributed by atoms with Crippen LogP contribution in [0.1, 0.15) is 53.4 Å². The van der Waals surface area contributed by atoms with Crippen molar-refractivity contribution in [3.05, 3.63) is 21.4 Å². The summed E-state index contributed by atoms with van der Waals surface area (Å²) in [5.74, 6) is 0.239. The highest BCUT2D eigenvalue weighted by Gasteiger charge is 2.33. The fourth-order valence-corrected chi connectivity index (χ4v) is 5.89. The molecule has 2 aliphatic heterocycles. The molecule has 3 heterocycles. The van der Waals surface area contributed by atoms with Gasteiger partial charge in [0.1, 0.15) is 0 Å². The second kappa shape index (κ2) is 8.82. The summed E-state index contributed by atoms with van der Waals surface area (Å²) in [5.41, 5.74) is 2.73. The number of ether oxygens (including phenoxy) is 1. The number of likely N-dealkylation sites (tertiary alicyclic amines) is 1. The maximum Gasteiger partial charge on any atom is 0.409 e. The summed E-state index contributed by atoms with van der Waals surface area (Å²) in [6, 6.07) is 0.401. The van der Waals surface area contributed by atoms with E-state index < -0.39 is 0 Å². The number of nitrogens with zero attached hydrogens (tertiary/aromatic N) is 3. The summed E-state index contributed by atoms with van der Waals surface area (Å²) >= 11 is 1.65. The van der Waals surface area contributed by atoms with E-state index in [4.69, 9.17) is 4.74 Å². The summed E-state index contributed by atoms with van der Waals surface area (Å²) in [4.78, 5) is 32.4. The number of piperazine rings is 1. The van der Waals surface area contributed by atoms with E-state index in [1.165, 1.54) is 24.0 Å². The molecule has 7 heteroatoms. The van der Waals surface area contributed by atoms with Crippen molar-refractivity contribution in [1.29, 1.82) is 0 Å². The molecule has 1 aromatic heterocycles. The Balaban J connectivity index is 1.35. The third-order valence-electron chi connectivity index (χ3n) is 6.34. The van der Waals surface area contributed by atoms with Crippen molar-refractivity contribution < 1.29 is 14.3 Å². The molecule has 0 bridgehead atoms. The highest BCUT2D eigenvalue weighted by Crippen LogP contribution is 2.31. The highest BCUT2D eigenvalue weighted by molar-refractivity contribution is 7.12. The molecule has 0 radical (unpaired) electrons. The van der Waals surface area contributed by atoms with E-state index in [0.29, 0.717) is 25.7 Å². The number of hydrogen-bond donors (Lipinski definition) is 0. The number of hydrogen-bond acceptors (Lipinski definition) is 5. The summed E-state index contributed by atoms with van der Waals surface area (Å²) in [5, 5.41) is 2.21. The Hall–Kier alpha value is -1.60. The number of carbonyl (C=O) groups is 2. The first-order chi connectivity index (χ1) is 13.7. The Kier molecular flexibility index (Phi) is 6.21. The van der Waals surface area contributed by atoms with E-state index in [1.54, 1.807) is 16.2 Å². The molecule has 6 nitrogen and oxygen atoms in total. The molecule has 1 aliphatic carbocycles. The SMILES string of the molecule is CCOC(=O)N1CCN(C2CCCN(C(=O)c3scc4c3CCCC4)C2)CC1. The third kappa shape index (κ3) is 4.06. The summed E-state index contributed by atoms with van der Waals surface area (Å²) in [6.45, 7) is 7.08. The molecule has 2 amide bonds. The Morgan fingerprint density at radius 2 is 1.86 bits per heavy atom. The van der Waals surface area contributed by atoms with Crippen LogP contribution in [0.4, 0.5) is 4.79 Å². The zero-order valence-corrected chi connectivity index (χ0v) is 17.6. The molecule has 0 aromatic carbocycles. The van der Waals surface area contributed by atoms with Gasteiger partial charge in [-0.1, -0.05) is 0 Å². The van der Waals surface area contributed by atoms with Gasteiger partial charge in [0.25, 0.3) is 5.91 Å². The van der Waals surface area contributed by atoms with Crippen LogP contribution < -0.4 is 0 Å². The van der Waals surface area contributed by atoms with E-state index in [2.05, 4.69) is 15.2 Å². The molecule has 4 rings (SSSR count). The van der Waals surface area contributed by atoms with Crippen LogP contribution in [0.2, 0.25) is 0 Å². The Morgan fingerprint density at radius 1 is 1.07 bits per heavy atom. The second-order valence-electron chi connectivity index (χ2n) is 8.04. The third-order valence-corrected chi connectivity index (χ3v) is 7.40. The quantitative estimate of drug-likeness (QED) is 0.776. The lowest BCUT2D eigenvalue weighted by Crippen LogP contribution is -2.56. The van der Waals surface area contributed by atoms with Crippen LogP contribution in [0.5, 0.6) is 0 Å². The van der Waals surface area contributed by atoms with Gasteiger partial charge in [-0.3, -0.25) is 9.69 Å². The number of fused-ring (bicyclic) bond motifs is 1. The van der Waals surface area contributed by atoms with Gasteiger partial charge < -0.3 is 14.5 Å². The first-order valence-corrected chi connectivity index (χ1v) is 11.6. The minimum absolute atomic E-state index is 0.204. The summed E-state index contributed by atoms with van der Waals surface area (Å²) in [6.07, 6.45) is 6.64. The molecule has 28 heavy (non-hydrogen) atoms. The van der Waals surface area contributed by atoms with Gasteiger partial charge in [-0.05, 0) is 62.0 Å². The standard InChI is InChI=1S/C21H31N3O3S/c1-2-27-21(26)23-12-10-22(11-13-23)17-7-5-9-24(14-17)20(25)19-18-8-4-3-6-16(18)15-28-19/h15,17H,2-14H2,1H3. The maximum atomic E-state index is 13.2. The zero-order chi connectivity index (χ0) is 19.5. The van der Waals surface area contributed by atoms with E-state index in [9.17, 15) is 9.59 Å². The van der Waals surface area contributed by atoms with Gasteiger partial charge in [-0.15, -0.1) is 11.3 Å². The van der Waals surface area contributed by atoms with Crippen molar-refractivity contribution in [2.24, 2.45) is 0 Å². The molecule has 0 spiro atoms. The number of thiophene rings is 1. The normalized spacial score (nSPS) is 23.4. The topological polar surface area (TPSA) is 53.1 Å². The fourth-order valence-electron chi connectivity index (χ4n) is 4.76. The zero-order valence-electron chi connectivity index (χ0n) is 16.8. The first kappa shape index (κ1) is 19.7. The molecule has 0 N–H and O–H groups in total. The number of rotatable bonds is 3. The predicted octanol–water partition coefficient (Wildman–Crippen LogP) is 3.01. The van der Waals surface area contributed by atoms with Gasteiger partial charge in [-0.25, -0.2) is 4.79 Å². The molecular formula is C21H31N3O3S. The molecule has 2 saturated heterocycles. The lowest BCUT2D eigenvalue weighted by molar-refractivity contribution is 0.0379. The number of amides is 2. The predicted molar refractivity (Wildman–Crippen MR) is 110 cm³/mol. The molecular weight excluding hydrogens is 374 g/mol. The Bertz CT molecular complexity index is 712. The number of piperidine rings is 1. The van der Waals surface area contributed by atoms with Crippen molar-refractivity contribution in [3.8, 4) is 0 Å². The molecule has 0 saturated carbocycles. The number of aryl methyl sites for hydroxylation is 1. The first-order valence-electron chi connectivity index (χ1n) is 10.7. The van der Waals surface area contributed by atoms with Gasteiger partial charge in [0.2, 0.25) is 0 Å². The van der Waals surface area contributed by atoms with Crippen LogP contribution in [-0.2, 0) is 17.6 Å². The van der Waals surface area contributed by atoms with Crippen LogP contribution in [0.3, 0.4) is 0 Å². The van der Waals surface area contributed by atoms with Crippen molar-refractivity contribution in [2.45, 2.75) is 51.5 Å². The van der Waals surface area contributed by atoms with Crippen molar-refractivity contribution in [2.75, 3.05) is 45.9 Å². The van der Waals surface area contributed by atoms with Crippen LogP contribution >= 0.6 is 11.3 Å². The minimum Gasteiger partial charge on any atom is -0.450 e. The maximum absolute atomic E-state index is 13.2. The van der Waals surface area contributed by atoms with Gasteiger partial charge in [0.05, 0.1) is 11.5 Å². The average Bonchev–Trinajstić information content (AvgIpc) is 3.18. The van der Waals surface area contributed by atoms with Crippen LogP contribution in [0, 0.1) is 0 Å². The summed E-state index contributed by atoms with van der Waals surface area (Å²) in [7, 11) is 0. The van der Waals surface area contributed by atoms with Crippen molar-refractivity contribution in [3.63, 3.8) is 0 Å². The van der Waals surface area contributed by atoms with E-state index in [-0.39, 0.29) is 12.0 Å². The molecule has 1 aromatic rings. The summed E-state index contributed by atoms with van der Waals surface area (Å²) < 4.78 is 5.11. The van der Waals surface area contributed by atoms with E-state index in [0.717, 1.165) is 56.7 Å². The van der Waals surface area contributed by atoms with E-state index >= 15 is 0 Å². The van der Waals surface area contributed by atoms with Gasteiger partial charge >= 0.3 is 6.09 Å². The molecule has 1 unspecified atom stereocenters. The van der Waals surface area contributed by atoms with Gasteiger partial charge in [0.15, 0.2) is 0 Å². The Morgan fingerprint density at radius 3 is 2.64 bits per heavy atom. The molecule has 1 atom stereocenters. The highest BCUT2D eigenvalue weighted by atomic mass is 32.1. The lowest BCUT2D eigenvalue weighted by atomic mass is 9.93. The minimum atomic E-state index is -0.204. The average molecular weight is 406 g/mol. The fraction of sp³-hybridized carbons (Fsp3) is 0.714. The molecule has 2 fully saturated rings. The van der Waals surface area contributed by atoms with Crippen molar-refractivity contribution in [1.82, 2.24) is 14.7 Å². The van der Waals surface area contributed by atoms with Crippen LogP contribution in [0.15, 0.2) is 5.38 Å². The molecule has 154 valence electrons. The number of carbonyl (C=O) groups excluding carboxylic acids is 2. The monoisotopic (exact) mass is 405 g/mol. The van der Waals surface area contributed by atoms with Crippen LogP contribution in [0.25, 0.3) is 0 Å². The largest absolute Gasteiger partial charge is 0.450 e. The smallest absolute Gasteiger partial charge is 0.409 e. The second-order valence-corrected chi connectivity index (χ2v) is 8.92. The van der Waals surface area contributed by atoms with Gasteiger partial charge in [0, 0.05) is 45.3 Å². The van der Waals surface area contributed by atoms with Gasteiger partial charge in [-0.2, -0.15) is 0 Å².